The first-order valence-electron chi connectivity index (χ1n) is 5.14. The van der Waals surface area contributed by atoms with Gasteiger partial charge in [-0.2, -0.15) is 0 Å². The van der Waals surface area contributed by atoms with Gasteiger partial charge in [-0.1, -0.05) is 10.4 Å². The number of nitrogens with two attached hydrogens (primary N) is 1. The summed E-state index contributed by atoms with van der Waals surface area (Å²) >= 11 is 0. The summed E-state index contributed by atoms with van der Waals surface area (Å²) in [6.45, 7) is 6.81. The normalized spacial score (nSPS) is 11.0. The molecule has 6 nitrogen and oxygen atoms in total. The molecule has 2 N–H and O–H groups in total. The summed E-state index contributed by atoms with van der Waals surface area (Å²) < 4.78 is 6.92. The van der Waals surface area contributed by atoms with E-state index in [0.717, 1.165) is 28.4 Å². The van der Waals surface area contributed by atoms with Gasteiger partial charge in [0.15, 0.2) is 0 Å². The number of hydrogen-bond donors (Lipinski definition) is 1. The van der Waals surface area contributed by atoms with Crippen LogP contribution in [0, 0.1) is 20.8 Å². The number of nitrogens with zero attached hydrogens (tertiary/aromatic N) is 4. The molecule has 0 aromatic carbocycles. The van der Waals surface area contributed by atoms with Crippen molar-refractivity contribution in [3.8, 4) is 0 Å². The fourth-order valence-electron chi connectivity index (χ4n) is 1.61. The van der Waals surface area contributed by atoms with Crippen molar-refractivity contribution < 1.29 is 4.52 Å². The van der Waals surface area contributed by atoms with Crippen LogP contribution in [0.3, 0.4) is 0 Å². The number of rotatable bonds is 3. The first kappa shape index (κ1) is 10.8. The van der Waals surface area contributed by atoms with Crippen molar-refractivity contribution in [3.63, 3.8) is 0 Å². The minimum atomic E-state index is 0.410. The molecule has 0 saturated carbocycles. The van der Waals surface area contributed by atoms with Gasteiger partial charge >= 0.3 is 0 Å². The minimum absolute atomic E-state index is 0.410. The van der Waals surface area contributed by atoms with Crippen LogP contribution in [0.1, 0.15) is 28.4 Å². The average molecular weight is 221 g/mol. The van der Waals surface area contributed by atoms with Gasteiger partial charge in [-0.3, -0.25) is 0 Å². The minimum Gasteiger partial charge on any atom is -0.361 e. The van der Waals surface area contributed by atoms with Crippen molar-refractivity contribution in [2.75, 3.05) is 0 Å². The Morgan fingerprint density at radius 2 is 2.06 bits per heavy atom. The maximum atomic E-state index is 5.55. The van der Waals surface area contributed by atoms with E-state index < -0.39 is 0 Å². The van der Waals surface area contributed by atoms with E-state index in [0.29, 0.717) is 13.1 Å². The predicted octanol–water partition coefficient (Wildman–Crippen LogP) is 0.698. The molecule has 0 aliphatic heterocycles. The maximum absolute atomic E-state index is 5.55. The van der Waals surface area contributed by atoms with E-state index in [4.69, 9.17) is 10.3 Å². The van der Waals surface area contributed by atoms with Gasteiger partial charge in [-0.05, 0) is 20.8 Å². The Morgan fingerprint density at radius 3 is 2.56 bits per heavy atom. The van der Waals surface area contributed by atoms with E-state index in [9.17, 15) is 0 Å². The molecular weight excluding hydrogens is 206 g/mol. The molecule has 0 radical (unpaired) electrons. The van der Waals surface area contributed by atoms with Crippen LogP contribution in [0.15, 0.2) is 4.52 Å². The van der Waals surface area contributed by atoms with Crippen molar-refractivity contribution >= 4 is 0 Å². The molecule has 0 bridgehead atoms. The number of aromatic nitrogens is 4. The lowest BCUT2D eigenvalue weighted by atomic mass is 10.2. The molecule has 2 aromatic heterocycles. The van der Waals surface area contributed by atoms with Crippen LogP contribution in [0.5, 0.6) is 0 Å². The highest BCUT2D eigenvalue weighted by atomic mass is 16.5. The molecular formula is C10H15N5O. The summed E-state index contributed by atoms with van der Waals surface area (Å²) in [6.07, 6.45) is 0. The van der Waals surface area contributed by atoms with Gasteiger partial charge in [0.1, 0.15) is 5.76 Å². The van der Waals surface area contributed by atoms with Crippen molar-refractivity contribution in [2.24, 2.45) is 5.73 Å². The van der Waals surface area contributed by atoms with Crippen LogP contribution >= 0.6 is 0 Å². The second kappa shape index (κ2) is 4.05. The maximum Gasteiger partial charge on any atom is 0.138 e. The summed E-state index contributed by atoms with van der Waals surface area (Å²) in [4.78, 5) is 0. The van der Waals surface area contributed by atoms with E-state index in [1.165, 1.54) is 0 Å². The van der Waals surface area contributed by atoms with E-state index in [1.54, 1.807) is 0 Å². The third-order valence-corrected chi connectivity index (χ3v) is 2.76. The van der Waals surface area contributed by atoms with Crippen LogP contribution in [-0.2, 0) is 13.1 Å². The third-order valence-electron chi connectivity index (χ3n) is 2.76. The molecule has 16 heavy (non-hydrogen) atoms. The largest absolute Gasteiger partial charge is 0.361 e. The predicted molar refractivity (Wildman–Crippen MR) is 57.7 cm³/mol. The highest BCUT2D eigenvalue weighted by Crippen LogP contribution is 2.14. The molecule has 2 heterocycles. The fraction of sp³-hybridized carbons (Fsp3) is 0.500. The lowest BCUT2D eigenvalue weighted by Gasteiger charge is -2.02. The topological polar surface area (TPSA) is 82.8 Å². The molecule has 6 heteroatoms. The molecule has 2 aromatic rings. The Morgan fingerprint density at radius 1 is 1.31 bits per heavy atom. The first-order chi connectivity index (χ1) is 7.63. The molecule has 0 unspecified atom stereocenters. The van der Waals surface area contributed by atoms with Gasteiger partial charge in [-0.15, -0.1) is 5.10 Å². The highest BCUT2D eigenvalue weighted by molar-refractivity contribution is 5.22. The third kappa shape index (κ3) is 1.71. The van der Waals surface area contributed by atoms with Gasteiger partial charge in [-0.25, -0.2) is 4.68 Å². The van der Waals surface area contributed by atoms with Gasteiger partial charge < -0.3 is 10.3 Å². The van der Waals surface area contributed by atoms with Crippen LogP contribution in [0.4, 0.5) is 0 Å². The van der Waals surface area contributed by atoms with E-state index in [2.05, 4.69) is 15.5 Å². The standard InChI is InChI=1S/C10H15N5O/c1-6-9(8(3)16-13-6)5-15-7(2)10(4-11)12-14-15/h4-5,11H2,1-3H3. The van der Waals surface area contributed by atoms with Crippen molar-refractivity contribution in [1.82, 2.24) is 20.2 Å². The van der Waals surface area contributed by atoms with Crippen LogP contribution in [0.25, 0.3) is 0 Å². The van der Waals surface area contributed by atoms with E-state index >= 15 is 0 Å². The van der Waals surface area contributed by atoms with E-state index in [1.807, 2.05) is 25.5 Å². The smallest absolute Gasteiger partial charge is 0.138 e. The monoisotopic (exact) mass is 221 g/mol. The van der Waals surface area contributed by atoms with Gasteiger partial charge in [0, 0.05) is 12.1 Å². The summed E-state index contributed by atoms with van der Waals surface area (Å²) in [6, 6.07) is 0. The zero-order chi connectivity index (χ0) is 11.7. The summed E-state index contributed by atoms with van der Waals surface area (Å²) in [7, 11) is 0. The first-order valence-corrected chi connectivity index (χ1v) is 5.14. The molecule has 0 atom stereocenters. The average Bonchev–Trinajstić information content (AvgIpc) is 2.77. The lowest BCUT2D eigenvalue weighted by Crippen LogP contribution is -2.06. The molecule has 0 saturated heterocycles. The van der Waals surface area contributed by atoms with Crippen molar-refractivity contribution in [3.05, 3.63) is 28.4 Å². The van der Waals surface area contributed by atoms with E-state index in [-0.39, 0.29) is 0 Å². The summed E-state index contributed by atoms with van der Waals surface area (Å²) in [5, 5.41) is 12.0. The summed E-state index contributed by atoms with van der Waals surface area (Å²) in [5.74, 6) is 0.821. The van der Waals surface area contributed by atoms with Crippen LogP contribution in [-0.4, -0.2) is 20.2 Å². The second-order valence-electron chi connectivity index (χ2n) is 3.79. The quantitative estimate of drug-likeness (QED) is 0.824. The molecule has 0 amide bonds. The molecule has 0 aliphatic rings. The Labute approximate surface area is 93.4 Å². The lowest BCUT2D eigenvalue weighted by molar-refractivity contribution is 0.391. The Kier molecular flexibility index (Phi) is 2.74. The zero-order valence-corrected chi connectivity index (χ0v) is 9.69. The van der Waals surface area contributed by atoms with Crippen molar-refractivity contribution in [1.29, 1.82) is 0 Å². The molecule has 0 spiro atoms. The SMILES string of the molecule is Cc1noc(C)c1Cn1nnc(CN)c1C. The van der Waals surface area contributed by atoms with Gasteiger partial charge in [0.25, 0.3) is 0 Å². The number of aryl methyl sites for hydroxylation is 2. The second-order valence-corrected chi connectivity index (χ2v) is 3.79. The summed E-state index contributed by atoms with van der Waals surface area (Å²) in [5.41, 5.74) is 9.31. The van der Waals surface area contributed by atoms with Gasteiger partial charge in [0.2, 0.25) is 0 Å². The molecule has 0 fully saturated rings. The molecule has 0 aliphatic carbocycles. The Bertz CT molecular complexity index is 480. The zero-order valence-electron chi connectivity index (χ0n) is 9.69. The Hall–Kier alpha value is -1.69. The van der Waals surface area contributed by atoms with Crippen LogP contribution in [0.2, 0.25) is 0 Å². The highest BCUT2D eigenvalue weighted by Gasteiger charge is 2.13. The molecule has 2 rings (SSSR count). The van der Waals surface area contributed by atoms with Gasteiger partial charge in [0.05, 0.1) is 23.6 Å². The number of hydrogen-bond acceptors (Lipinski definition) is 5. The van der Waals surface area contributed by atoms with Crippen LogP contribution < -0.4 is 5.73 Å². The Balaban J connectivity index is 2.30. The fourth-order valence-corrected chi connectivity index (χ4v) is 1.61. The van der Waals surface area contributed by atoms with Crippen molar-refractivity contribution in [2.45, 2.75) is 33.9 Å². The molecule has 86 valence electrons.